The van der Waals surface area contributed by atoms with Gasteiger partial charge in [0.15, 0.2) is 0 Å². The Morgan fingerprint density at radius 3 is 2.86 bits per heavy atom. The molecule has 0 unspecified atom stereocenters. The first-order chi connectivity index (χ1) is 10.1. The number of amides is 1. The van der Waals surface area contributed by atoms with Crippen molar-refractivity contribution < 1.29 is 18.7 Å². The topological polar surface area (TPSA) is 58.6 Å². The summed E-state index contributed by atoms with van der Waals surface area (Å²) in [6, 6.07) is 2.67. The van der Waals surface area contributed by atoms with E-state index in [-0.39, 0.29) is 5.56 Å². The van der Waals surface area contributed by atoms with Gasteiger partial charge in [-0.25, -0.2) is 4.39 Å². The maximum atomic E-state index is 14.2. The van der Waals surface area contributed by atoms with E-state index < -0.39 is 17.5 Å². The van der Waals surface area contributed by atoms with Gasteiger partial charge in [0.2, 0.25) is 0 Å². The molecule has 21 heavy (non-hydrogen) atoms. The Morgan fingerprint density at radius 2 is 2.19 bits per heavy atom. The van der Waals surface area contributed by atoms with Crippen molar-refractivity contribution in [1.82, 2.24) is 0 Å². The second-order valence-electron chi connectivity index (χ2n) is 5.12. The summed E-state index contributed by atoms with van der Waals surface area (Å²) < 4.78 is 19.3. The van der Waals surface area contributed by atoms with Gasteiger partial charge >= 0.3 is 0 Å². The van der Waals surface area contributed by atoms with E-state index in [4.69, 9.17) is 4.74 Å². The lowest BCUT2D eigenvalue weighted by atomic mass is 10.1. The molecule has 2 aliphatic rings. The summed E-state index contributed by atoms with van der Waals surface area (Å²) in [4.78, 5) is 24.7. The number of ether oxygens (including phenoxy) is 1. The van der Waals surface area contributed by atoms with E-state index in [0.717, 1.165) is 12.5 Å². The molecule has 0 fully saturated rings. The molecule has 0 radical (unpaired) electrons. The van der Waals surface area contributed by atoms with E-state index in [1.165, 1.54) is 11.6 Å². The molecule has 5 nitrogen and oxygen atoms in total. The number of carbonyl (C=O) groups is 2. The van der Waals surface area contributed by atoms with Gasteiger partial charge in [0.25, 0.3) is 11.7 Å². The summed E-state index contributed by atoms with van der Waals surface area (Å²) >= 11 is 0. The van der Waals surface area contributed by atoms with Gasteiger partial charge in [-0.1, -0.05) is 6.08 Å². The Morgan fingerprint density at radius 1 is 1.38 bits per heavy atom. The summed E-state index contributed by atoms with van der Waals surface area (Å²) in [5.41, 5.74) is 2.08. The van der Waals surface area contributed by atoms with Crippen LogP contribution in [0, 0.1) is 5.82 Å². The normalized spacial score (nSPS) is 17.6. The third kappa shape index (κ3) is 2.42. The minimum atomic E-state index is -0.706. The average Bonchev–Trinajstić information content (AvgIpc) is 2.75. The number of rotatable bonds is 3. The zero-order valence-electron chi connectivity index (χ0n) is 11.6. The quantitative estimate of drug-likeness (QED) is 0.680. The standard InChI is InChI=1S/C15H15FN2O3/c1-21-8-9-2-4-18(5-3-9)13-7-12-10(6-11(13)16)14(19)15(20)17-12/h2,6-7H,3-5,8H2,1H3,(H,17,19,20). The van der Waals surface area contributed by atoms with Crippen LogP contribution < -0.4 is 10.2 Å². The van der Waals surface area contributed by atoms with Crippen molar-refractivity contribution in [3.8, 4) is 0 Å². The van der Waals surface area contributed by atoms with Crippen molar-refractivity contribution in [2.75, 3.05) is 37.0 Å². The molecule has 1 aromatic rings. The van der Waals surface area contributed by atoms with Crippen LogP contribution >= 0.6 is 0 Å². The molecule has 110 valence electrons. The number of nitrogens with one attached hydrogen (secondary N) is 1. The molecule has 0 bridgehead atoms. The smallest absolute Gasteiger partial charge is 0.296 e. The summed E-state index contributed by atoms with van der Waals surface area (Å²) in [7, 11) is 1.65. The lowest BCUT2D eigenvalue weighted by molar-refractivity contribution is -0.112. The number of anilines is 2. The molecule has 1 amide bonds. The molecule has 0 saturated carbocycles. The first-order valence-electron chi connectivity index (χ1n) is 6.71. The maximum Gasteiger partial charge on any atom is 0.296 e. The number of benzene rings is 1. The van der Waals surface area contributed by atoms with Crippen LogP contribution in [0.25, 0.3) is 0 Å². The van der Waals surface area contributed by atoms with Gasteiger partial charge in [-0.2, -0.15) is 0 Å². The molecule has 0 saturated heterocycles. The number of carbonyl (C=O) groups excluding carboxylic acids is 2. The average molecular weight is 290 g/mol. The molecule has 1 aromatic carbocycles. The Kier molecular flexibility index (Phi) is 3.47. The molecule has 6 heteroatoms. The molecule has 3 rings (SSSR count). The summed E-state index contributed by atoms with van der Waals surface area (Å²) in [6.45, 7) is 1.84. The van der Waals surface area contributed by atoms with Gasteiger partial charge in [-0.05, 0) is 24.1 Å². The molecule has 0 spiro atoms. The van der Waals surface area contributed by atoms with E-state index in [2.05, 4.69) is 5.32 Å². The van der Waals surface area contributed by atoms with E-state index in [9.17, 15) is 14.0 Å². The highest BCUT2D eigenvalue weighted by atomic mass is 19.1. The summed E-state index contributed by atoms with van der Waals surface area (Å²) in [5.74, 6) is -1.87. The van der Waals surface area contributed by atoms with Gasteiger partial charge < -0.3 is 15.0 Å². The predicted molar refractivity (Wildman–Crippen MR) is 76.1 cm³/mol. The monoisotopic (exact) mass is 290 g/mol. The zero-order chi connectivity index (χ0) is 15.0. The van der Waals surface area contributed by atoms with Crippen LogP contribution in [-0.4, -0.2) is 38.5 Å². The van der Waals surface area contributed by atoms with Crippen LogP contribution in [-0.2, 0) is 9.53 Å². The highest BCUT2D eigenvalue weighted by Crippen LogP contribution is 2.32. The van der Waals surface area contributed by atoms with Crippen molar-refractivity contribution in [3.63, 3.8) is 0 Å². The van der Waals surface area contributed by atoms with Crippen molar-refractivity contribution in [2.24, 2.45) is 0 Å². The zero-order valence-corrected chi connectivity index (χ0v) is 11.6. The molecule has 0 aliphatic carbocycles. The second kappa shape index (κ2) is 5.29. The molecule has 2 aliphatic heterocycles. The van der Waals surface area contributed by atoms with Crippen LogP contribution in [0.15, 0.2) is 23.8 Å². The summed E-state index contributed by atoms with van der Waals surface area (Å²) in [6.07, 6.45) is 2.82. The van der Waals surface area contributed by atoms with Crippen molar-refractivity contribution in [3.05, 3.63) is 35.2 Å². The van der Waals surface area contributed by atoms with Crippen molar-refractivity contribution in [2.45, 2.75) is 6.42 Å². The number of Topliss-reactive ketones (excluding diaryl/α,β-unsaturated/α-hetero) is 1. The Hall–Kier alpha value is -2.21. The number of fused-ring (bicyclic) bond motifs is 1. The van der Waals surface area contributed by atoms with Crippen LogP contribution in [0.1, 0.15) is 16.8 Å². The molecule has 1 N–H and O–H groups in total. The third-order valence-electron chi connectivity index (χ3n) is 3.76. The lowest BCUT2D eigenvalue weighted by Crippen LogP contribution is -2.30. The second-order valence-corrected chi connectivity index (χ2v) is 5.12. The van der Waals surface area contributed by atoms with E-state index >= 15 is 0 Å². The van der Waals surface area contributed by atoms with Crippen LogP contribution in [0.2, 0.25) is 0 Å². The van der Waals surface area contributed by atoms with E-state index in [1.54, 1.807) is 7.11 Å². The first kappa shape index (κ1) is 13.8. The third-order valence-corrected chi connectivity index (χ3v) is 3.76. The fraction of sp³-hybridized carbons (Fsp3) is 0.333. The predicted octanol–water partition coefficient (Wildman–Crippen LogP) is 1.74. The van der Waals surface area contributed by atoms with Gasteiger partial charge in [0.1, 0.15) is 5.82 Å². The molecular formula is C15H15FN2O3. The van der Waals surface area contributed by atoms with Crippen LogP contribution in [0.5, 0.6) is 0 Å². The van der Waals surface area contributed by atoms with E-state index in [0.29, 0.717) is 31.1 Å². The van der Waals surface area contributed by atoms with E-state index in [1.807, 2.05) is 11.0 Å². The molecule has 0 aromatic heterocycles. The van der Waals surface area contributed by atoms with Crippen molar-refractivity contribution >= 4 is 23.1 Å². The number of ketones is 1. The molecular weight excluding hydrogens is 275 g/mol. The lowest BCUT2D eigenvalue weighted by Gasteiger charge is -2.29. The minimum Gasteiger partial charge on any atom is -0.380 e. The Balaban J connectivity index is 1.87. The largest absolute Gasteiger partial charge is 0.380 e. The molecule has 0 atom stereocenters. The van der Waals surface area contributed by atoms with Gasteiger partial charge in [0.05, 0.1) is 23.5 Å². The fourth-order valence-corrected chi connectivity index (χ4v) is 2.64. The van der Waals surface area contributed by atoms with Crippen LogP contribution in [0.3, 0.4) is 0 Å². The number of methoxy groups -OCH3 is 1. The highest BCUT2D eigenvalue weighted by Gasteiger charge is 2.30. The first-order valence-corrected chi connectivity index (χ1v) is 6.71. The maximum absolute atomic E-state index is 14.2. The van der Waals surface area contributed by atoms with Crippen molar-refractivity contribution in [1.29, 1.82) is 0 Å². The highest BCUT2D eigenvalue weighted by molar-refractivity contribution is 6.51. The van der Waals surface area contributed by atoms with Gasteiger partial charge in [-0.15, -0.1) is 0 Å². The fourth-order valence-electron chi connectivity index (χ4n) is 2.64. The van der Waals surface area contributed by atoms with Gasteiger partial charge in [-0.3, -0.25) is 9.59 Å². The number of nitrogens with zero attached hydrogens (tertiary/aromatic N) is 1. The number of hydrogen-bond acceptors (Lipinski definition) is 4. The Bertz CT molecular complexity index is 655. The number of hydrogen-bond donors (Lipinski definition) is 1. The molecule has 2 heterocycles. The van der Waals surface area contributed by atoms with Gasteiger partial charge in [0, 0.05) is 20.2 Å². The number of halogens is 1. The summed E-state index contributed by atoms with van der Waals surface area (Å²) in [5, 5.41) is 2.47. The van der Waals surface area contributed by atoms with Crippen LogP contribution in [0.4, 0.5) is 15.8 Å². The Labute approximate surface area is 121 Å². The minimum absolute atomic E-state index is 0.105. The SMILES string of the molecule is COCC1=CCN(c2cc3c(cc2F)C(=O)C(=O)N3)CC1.